The van der Waals surface area contributed by atoms with Crippen LogP contribution in [-0.4, -0.2) is 38.4 Å². The summed E-state index contributed by atoms with van der Waals surface area (Å²) >= 11 is 1.70. The molecule has 0 radical (unpaired) electrons. The van der Waals surface area contributed by atoms with E-state index in [1.165, 1.54) is 18.5 Å². The van der Waals surface area contributed by atoms with Gasteiger partial charge in [-0.05, 0) is 32.4 Å². The largest absolute Gasteiger partial charge is 0.296 e. The Balaban J connectivity index is 1.63. The van der Waals surface area contributed by atoms with Crippen LogP contribution < -0.4 is 0 Å². The van der Waals surface area contributed by atoms with Crippen molar-refractivity contribution in [1.29, 1.82) is 0 Å². The lowest BCUT2D eigenvalue weighted by atomic mass is 9.95. The van der Waals surface area contributed by atoms with Crippen molar-refractivity contribution in [1.82, 2.24) is 25.3 Å². The minimum absolute atomic E-state index is 0.579. The third-order valence-corrected chi connectivity index (χ3v) is 4.22. The van der Waals surface area contributed by atoms with Gasteiger partial charge in [-0.2, -0.15) is 5.10 Å². The van der Waals surface area contributed by atoms with Crippen LogP contribution in [0.5, 0.6) is 0 Å². The molecular formula is C12H17N5S. The minimum Gasteiger partial charge on any atom is -0.296 e. The predicted octanol–water partition coefficient (Wildman–Crippen LogP) is 1.95. The van der Waals surface area contributed by atoms with Gasteiger partial charge in [-0.1, -0.05) is 0 Å². The lowest BCUT2D eigenvalue weighted by Crippen LogP contribution is -2.34. The number of nitrogens with zero attached hydrogens (tertiary/aromatic N) is 4. The summed E-state index contributed by atoms with van der Waals surface area (Å²) in [6.45, 7) is 5.17. The van der Waals surface area contributed by atoms with E-state index >= 15 is 0 Å². The number of hydrogen-bond donors (Lipinski definition) is 1. The number of aromatic amines is 1. The Bertz CT molecular complexity index is 492. The quantitative estimate of drug-likeness (QED) is 0.919. The number of aryl methyl sites for hydroxylation is 1. The monoisotopic (exact) mass is 263 g/mol. The number of aromatic nitrogens is 4. The van der Waals surface area contributed by atoms with Crippen molar-refractivity contribution in [2.24, 2.45) is 0 Å². The van der Waals surface area contributed by atoms with Crippen molar-refractivity contribution < 1.29 is 0 Å². The summed E-state index contributed by atoms with van der Waals surface area (Å²) in [5.41, 5.74) is 1.26. The van der Waals surface area contributed by atoms with Crippen LogP contribution in [0.25, 0.3) is 0 Å². The maximum Gasteiger partial charge on any atom is 0.131 e. The van der Waals surface area contributed by atoms with Crippen molar-refractivity contribution in [3.8, 4) is 0 Å². The first-order valence-corrected chi connectivity index (χ1v) is 7.13. The SMILES string of the molecule is Cc1nnc(CN2CCCC(c3ccn[nH]3)C2)s1. The zero-order chi connectivity index (χ0) is 12.4. The molecule has 0 bridgehead atoms. The van der Waals surface area contributed by atoms with Crippen molar-refractivity contribution >= 4 is 11.3 Å². The van der Waals surface area contributed by atoms with E-state index in [1.807, 2.05) is 13.1 Å². The molecule has 0 spiro atoms. The van der Waals surface area contributed by atoms with E-state index in [2.05, 4.69) is 31.4 Å². The second-order valence-electron chi connectivity index (χ2n) is 4.80. The van der Waals surface area contributed by atoms with Gasteiger partial charge in [0.15, 0.2) is 0 Å². The lowest BCUT2D eigenvalue weighted by Gasteiger charge is -2.31. The Kier molecular flexibility index (Phi) is 3.38. The van der Waals surface area contributed by atoms with Gasteiger partial charge in [-0.25, -0.2) is 0 Å². The molecule has 2 aromatic rings. The Morgan fingerprint density at radius 3 is 3.17 bits per heavy atom. The van der Waals surface area contributed by atoms with E-state index in [1.54, 1.807) is 11.3 Å². The van der Waals surface area contributed by atoms with Crippen LogP contribution in [0.3, 0.4) is 0 Å². The van der Waals surface area contributed by atoms with Crippen LogP contribution in [-0.2, 0) is 6.54 Å². The molecule has 1 atom stereocenters. The third kappa shape index (κ3) is 2.59. The first-order valence-electron chi connectivity index (χ1n) is 6.32. The second kappa shape index (κ2) is 5.16. The minimum atomic E-state index is 0.579. The van der Waals surface area contributed by atoms with Crippen molar-refractivity contribution in [3.63, 3.8) is 0 Å². The molecule has 1 N–H and O–H groups in total. The Morgan fingerprint density at radius 2 is 2.44 bits per heavy atom. The molecule has 3 heterocycles. The summed E-state index contributed by atoms with van der Waals surface area (Å²) in [5, 5.41) is 17.6. The molecule has 0 aliphatic carbocycles. The first kappa shape index (κ1) is 11.8. The fourth-order valence-electron chi connectivity index (χ4n) is 2.54. The van der Waals surface area contributed by atoms with E-state index < -0.39 is 0 Å². The summed E-state index contributed by atoms with van der Waals surface area (Å²) in [5.74, 6) is 0.579. The zero-order valence-corrected chi connectivity index (χ0v) is 11.3. The lowest BCUT2D eigenvalue weighted by molar-refractivity contribution is 0.198. The summed E-state index contributed by atoms with van der Waals surface area (Å²) < 4.78 is 0. The van der Waals surface area contributed by atoms with Crippen LogP contribution in [0.4, 0.5) is 0 Å². The molecule has 1 aliphatic heterocycles. The Morgan fingerprint density at radius 1 is 1.50 bits per heavy atom. The van der Waals surface area contributed by atoms with E-state index in [-0.39, 0.29) is 0 Å². The van der Waals surface area contributed by atoms with E-state index in [0.717, 1.165) is 29.6 Å². The third-order valence-electron chi connectivity index (χ3n) is 3.39. The van der Waals surface area contributed by atoms with Crippen LogP contribution >= 0.6 is 11.3 Å². The Labute approximate surface area is 110 Å². The molecule has 0 aromatic carbocycles. The molecule has 1 aliphatic rings. The fraction of sp³-hybridized carbons (Fsp3) is 0.583. The highest BCUT2D eigenvalue weighted by atomic mass is 32.1. The van der Waals surface area contributed by atoms with Crippen LogP contribution in [0, 0.1) is 6.92 Å². The summed E-state index contributed by atoms with van der Waals surface area (Å²) in [6.07, 6.45) is 4.32. The van der Waals surface area contributed by atoms with Crippen molar-refractivity contribution in [3.05, 3.63) is 28.0 Å². The molecule has 0 saturated carbocycles. The molecule has 3 rings (SSSR count). The molecule has 0 amide bonds. The van der Waals surface area contributed by atoms with Crippen LogP contribution in [0.1, 0.15) is 34.5 Å². The molecule has 5 nitrogen and oxygen atoms in total. The smallest absolute Gasteiger partial charge is 0.131 e. The second-order valence-corrected chi connectivity index (χ2v) is 6.07. The summed E-state index contributed by atoms with van der Waals surface area (Å²) in [6, 6.07) is 2.09. The fourth-order valence-corrected chi connectivity index (χ4v) is 3.29. The standard InChI is InChI=1S/C12H17N5S/c1-9-14-16-12(18-9)8-17-6-2-3-10(7-17)11-4-5-13-15-11/h4-5,10H,2-3,6-8H2,1H3,(H,13,15). The van der Waals surface area contributed by atoms with Gasteiger partial charge >= 0.3 is 0 Å². The van der Waals surface area contributed by atoms with Gasteiger partial charge in [-0.3, -0.25) is 10.00 Å². The predicted molar refractivity (Wildman–Crippen MR) is 70.5 cm³/mol. The van der Waals surface area contributed by atoms with Gasteiger partial charge in [0.2, 0.25) is 0 Å². The number of likely N-dealkylation sites (tertiary alicyclic amines) is 1. The molecule has 2 aromatic heterocycles. The number of rotatable bonds is 3. The molecular weight excluding hydrogens is 246 g/mol. The van der Waals surface area contributed by atoms with E-state index in [9.17, 15) is 0 Å². The molecule has 6 heteroatoms. The summed E-state index contributed by atoms with van der Waals surface area (Å²) in [7, 11) is 0. The van der Waals surface area contributed by atoms with Gasteiger partial charge in [0.05, 0.1) is 6.54 Å². The van der Waals surface area contributed by atoms with Gasteiger partial charge in [0, 0.05) is 24.4 Å². The molecule has 18 heavy (non-hydrogen) atoms. The van der Waals surface area contributed by atoms with Crippen molar-refractivity contribution in [2.75, 3.05) is 13.1 Å². The van der Waals surface area contributed by atoms with Gasteiger partial charge < -0.3 is 0 Å². The number of hydrogen-bond acceptors (Lipinski definition) is 5. The van der Waals surface area contributed by atoms with E-state index in [4.69, 9.17) is 0 Å². The topological polar surface area (TPSA) is 57.7 Å². The maximum absolute atomic E-state index is 4.20. The molecule has 96 valence electrons. The maximum atomic E-state index is 4.20. The average molecular weight is 263 g/mol. The number of piperidine rings is 1. The zero-order valence-electron chi connectivity index (χ0n) is 10.5. The normalized spacial score (nSPS) is 21.3. The van der Waals surface area contributed by atoms with Gasteiger partial charge in [-0.15, -0.1) is 21.5 Å². The Hall–Kier alpha value is -1.27. The van der Waals surface area contributed by atoms with Crippen LogP contribution in [0.2, 0.25) is 0 Å². The molecule has 1 saturated heterocycles. The average Bonchev–Trinajstić information content (AvgIpc) is 3.01. The van der Waals surface area contributed by atoms with Gasteiger partial charge in [0.25, 0.3) is 0 Å². The molecule has 1 unspecified atom stereocenters. The highest BCUT2D eigenvalue weighted by Crippen LogP contribution is 2.26. The van der Waals surface area contributed by atoms with Crippen molar-refractivity contribution in [2.45, 2.75) is 32.2 Å². The highest BCUT2D eigenvalue weighted by molar-refractivity contribution is 7.11. The first-order chi connectivity index (χ1) is 8.81. The van der Waals surface area contributed by atoms with E-state index in [0.29, 0.717) is 5.92 Å². The summed E-state index contributed by atoms with van der Waals surface area (Å²) in [4.78, 5) is 2.47. The molecule has 1 fully saturated rings. The number of nitrogens with one attached hydrogen (secondary N) is 1. The number of H-pyrrole nitrogens is 1. The highest BCUT2D eigenvalue weighted by Gasteiger charge is 2.22. The van der Waals surface area contributed by atoms with Gasteiger partial charge in [0.1, 0.15) is 10.0 Å². The van der Waals surface area contributed by atoms with Crippen LogP contribution in [0.15, 0.2) is 12.3 Å².